The number of benzene rings is 2. The van der Waals surface area contributed by atoms with Crippen LogP contribution in [0.4, 0.5) is 0 Å². The Kier molecular flexibility index (Phi) is 5.48. The lowest BCUT2D eigenvalue weighted by atomic mass is 9.88. The SMILES string of the molecule is CCOC(=O)C(CC)(N=Cc1ccccc1)c1ccccc1. The van der Waals surface area contributed by atoms with E-state index >= 15 is 0 Å². The highest BCUT2D eigenvalue weighted by Crippen LogP contribution is 2.31. The fraction of sp³-hybridized carbons (Fsp3) is 0.263. The average molecular weight is 295 g/mol. The number of carbonyl (C=O) groups excluding carboxylic acids is 1. The van der Waals surface area contributed by atoms with Gasteiger partial charge in [0.05, 0.1) is 6.61 Å². The minimum atomic E-state index is -0.993. The highest BCUT2D eigenvalue weighted by molar-refractivity contribution is 5.88. The topological polar surface area (TPSA) is 38.7 Å². The Morgan fingerprint density at radius 1 is 1.05 bits per heavy atom. The third-order valence-corrected chi connectivity index (χ3v) is 3.61. The molecular weight excluding hydrogens is 274 g/mol. The van der Waals surface area contributed by atoms with Gasteiger partial charge in [-0.05, 0) is 24.5 Å². The summed E-state index contributed by atoms with van der Waals surface area (Å²) in [6, 6.07) is 19.4. The standard InChI is InChI=1S/C19H21NO2/c1-3-19(18(21)22-4-2,17-13-9-6-10-14-17)20-15-16-11-7-5-8-12-16/h5-15H,3-4H2,1-2H3. The van der Waals surface area contributed by atoms with Crippen molar-refractivity contribution < 1.29 is 9.53 Å². The Balaban J connectivity index is 2.45. The largest absolute Gasteiger partial charge is 0.464 e. The third-order valence-electron chi connectivity index (χ3n) is 3.61. The van der Waals surface area contributed by atoms with Gasteiger partial charge in [0, 0.05) is 6.21 Å². The predicted molar refractivity (Wildman–Crippen MR) is 89.1 cm³/mol. The van der Waals surface area contributed by atoms with Crippen LogP contribution >= 0.6 is 0 Å². The van der Waals surface area contributed by atoms with Crippen molar-refractivity contribution in [2.24, 2.45) is 4.99 Å². The van der Waals surface area contributed by atoms with E-state index in [0.29, 0.717) is 13.0 Å². The maximum atomic E-state index is 12.6. The second-order valence-corrected chi connectivity index (χ2v) is 4.97. The van der Waals surface area contributed by atoms with Gasteiger partial charge < -0.3 is 4.74 Å². The fourth-order valence-electron chi connectivity index (χ4n) is 2.37. The highest BCUT2D eigenvalue weighted by Gasteiger charge is 2.39. The summed E-state index contributed by atoms with van der Waals surface area (Å²) in [5.41, 5.74) is 0.816. The number of esters is 1. The zero-order valence-corrected chi connectivity index (χ0v) is 13.0. The predicted octanol–water partition coefficient (Wildman–Crippen LogP) is 3.97. The lowest BCUT2D eigenvalue weighted by Crippen LogP contribution is -2.35. The quantitative estimate of drug-likeness (QED) is 0.597. The zero-order valence-electron chi connectivity index (χ0n) is 13.0. The second kappa shape index (κ2) is 7.55. The third kappa shape index (κ3) is 3.42. The minimum absolute atomic E-state index is 0.309. The summed E-state index contributed by atoms with van der Waals surface area (Å²) in [7, 11) is 0. The highest BCUT2D eigenvalue weighted by atomic mass is 16.5. The van der Waals surface area contributed by atoms with E-state index in [1.54, 1.807) is 6.21 Å². The first-order valence-corrected chi connectivity index (χ1v) is 7.56. The van der Waals surface area contributed by atoms with Crippen LogP contribution < -0.4 is 0 Å². The molecule has 1 atom stereocenters. The van der Waals surface area contributed by atoms with E-state index in [4.69, 9.17) is 4.74 Å². The van der Waals surface area contributed by atoms with E-state index in [1.165, 1.54) is 0 Å². The number of aliphatic imine (C=N–C) groups is 1. The van der Waals surface area contributed by atoms with Crippen molar-refractivity contribution in [1.82, 2.24) is 0 Å². The van der Waals surface area contributed by atoms with E-state index in [1.807, 2.05) is 74.5 Å². The van der Waals surface area contributed by atoms with Gasteiger partial charge in [-0.25, -0.2) is 4.79 Å². The molecule has 2 aromatic rings. The zero-order chi connectivity index (χ0) is 15.8. The van der Waals surface area contributed by atoms with Crippen LogP contribution in [0.5, 0.6) is 0 Å². The lowest BCUT2D eigenvalue weighted by Gasteiger charge is -2.26. The first kappa shape index (κ1) is 16.0. The van der Waals surface area contributed by atoms with Crippen LogP contribution in [0.25, 0.3) is 0 Å². The molecule has 3 nitrogen and oxygen atoms in total. The van der Waals surface area contributed by atoms with Gasteiger partial charge in [0.25, 0.3) is 0 Å². The van der Waals surface area contributed by atoms with Crippen molar-refractivity contribution >= 4 is 12.2 Å². The van der Waals surface area contributed by atoms with Crippen molar-refractivity contribution in [2.75, 3.05) is 6.61 Å². The van der Waals surface area contributed by atoms with Crippen molar-refractivity contribution in [3.63, 3.8) is 0 Å². The molecular formula is C19H21NO2. The first-order valence-electron chi connectivity index (χ1n) is 7.56. The normalized spacial score (nSPS) is 13.7. The molecule has 0 saturated carbocycles. The summed E-state index contributed by atoms with van der Waals surface area (Å²) < 4.78 is 5.29. The number of hydrogen-bond acceptors (Lipinski definition) is 3. The summed E-state index contributed by atoms with van der Waals surface area (Å²) in [5, 5.41) is 0. The minimum Gasteiger partial charge on any atom is -0.464 e. The number of nitrogens with zero attached hydrogens (tertiary/aromatic N) is 1. The number of ether oxygens (including phenoxy) is 1. The fourth-order valence-corrected chi connectivity index (χ4v) is 2.37. The molecule has 0 aliphatic heterocycles. The average Bonchev–Trinajstić information content (AvgIpc) is 2.58. The van der Waals surface area contributed by atoms with Crippen LogP contribution in [0.1, 0.15) is 31.4 Å². The van der Waals surface area contributed by atoms with Crippen LogP contribution in [-0.2, 0) is 15.1 Å². The monoisotopic (exact) mass is 295 g/mol. The molecule has 2 aromatic carbocycles. The van der Waals surface area contributed by atoms with Crippen molar-refractivity contribution in [3.05, 3.63) is 71.8 Å². The smallest absolute Gasteiger partial charge is 0.338 e. The van der Waals surface area contributed by atoms with Gasteiger partial charge >= 0.3 is 5.97 Å². The summed E-state index contributed by atoms with van der Waals surface area (Å²) in [6.45, 7) is 4.10. The summed E-state index contributed by atoms with van der Waals surface area (Å²) in [4.78, 5) is 17.2. The Morgan fingerprint density at radius 2 is 1.64 bits per heavy atom. The van der Waals surface area contributed by atoms with Crippen molar-refractivity contribution in [3.8, 4) is 0 Å². The summed E-state index contributed by atoms with van der Waals surface area (Å²) >= 11 is 0. The van der Waals surface area contributed by atoms with Crippen LogP contribution in [0, 0.1) is 0 Å². The van der Waals surface area contributed by atoms with E-state index in [2.05, 4.69) is 4.99 Å². The molecule has 3 heteroatoms. The first-order chi connectivity index (χ1) is 10.7. The Morgan fingerprint density at radius 3 is 2.18 bits per heavy atom. The van der Waals surface area contributed by atoms with Gasteiger partial charge in [0.2, 0.25) is 0 Å². The van der Waals surface area contributed by atoms with Crippen molar-refractivity contribution in [2.45, 2.75) is 25.8 Å². The molecule has 0 heterocycles. The van der Waals surface area contributed by atoms with Gasteiger partial charge in [0.1, 0.15) is 0 Å². The van der Waals surface area contributed by atoms with E-state index < -0.39 is 5.54 Å². The summed E-state index contributed by atoms with van der Waals surface area (Å²) in [6.07, 6.45) is 2.28. The molecule has 0 fully saturated rings. The van der Waals surface area contributed by atoms with Crippen LogP contribution in [0.15, 0.2) is 65.7 Å². The van der Waals surface area contributed by atoms with Gasteiger partial charge in [-0.15, -0.1) is 0 Å². The molecule has 2 rings (SSSR count). The Labute approximate surface area is 131 Å². The van der Waals surface area contributed by atoms with Crippen LogP contribution in [-0.4, -0.2) is 18.8 Å². The molecule has 0 aliphatic rings. The molecule has 0 saturated heterocycles. The maximum Gasteiger partial charge on any atom is 0.338 e. The number of hydrogen-bond donors (Lipinski definition) is 0. The van der Waals surface area contributed by atoms with Gasteiger partial charge in [-0.1, -0.05) is 67.6 Å². The molecule has 0 radical (unpaired) electrons. The van der Waals surface area contributed by atoms with Crippen LogP contribution in [0.2, 0.25) is 0 Å². The van der Waals surface area contributed by atoms with Crippen molar-refractivity contribution in [1.29, 1.82) is 0 Å². The molecule has 0 aromatic heterocycles. The molecule has 1 unspecified atom stereocenters. The molecule has 0 bridgehead atoms. The maximum absolute atomic E-state index is 12.6. The Bertz CT molecular complexity index is 622. The number of carbonyl (C=O) groups is 1. The molecule has 22 heavy (non-hydrogen) atoms. The van der Waals surface area contributed by atoms with E-state index in [0.717, 1.165) is 11.1 Å². The molecule has 0 N–H and O–H groups in total. The van der Waals surface area contributed by atoms with Gasteiger partial charge in [-0.2, -0.15) is 0 Å². The molecule has 0 spiro atoms. The molecule has 0 amide bonds. The second-order valence-electron chi connectivity index (χ2n) is 4.97. The lowest BCUT2D eigenvalue weighted by molar-refractivity contribution is -0.150. The van der Waals surface area contributed by atoms with Crippen LogP contribution in [0.3, 0.4) is 0 Å². The molecule has 0 aliphatic carbocycles. The summed E-state index contributed by atoms with van der Waals surface area (Å²) in [5.74, 6) is -0.309. The van der Waals surface area contributed by atoms with Gasteiger partial charge in [0.15, 0.2) is 5.54 Å². The number of rotatable bonds is 6. The van der Waals surface area contributed by atoms with E-state index in [9.17, 15) is 4.79 Å². The van der Waals surface area contributed by atoms with E-state index in [-0.39, 0.29) is 5.97 Å². The molecule has 114 valence electrons. The Hall–Kier alpha value is -2.42. The van der Waals surface area contributed by atoms with Gasteiger partial charge in [-0.3, -0.25) is 4.99 Å².